The van der Waals surface area contributed by atoms with E-state index in [4.69, 9.17) is 0 Å². The summed E-state index contributed by atoms with van der Waals surface area (Å²) < 4.78 is 0. The van der Waals surface area contributed by atoms with Crippen LogP contribution in [0.2, 0.25) is 0 Å². The van der Waals surface area contributed by atoms with Crippen LogP contribution in [0.5, 0.6) is 0 Å². The quantitative estimate of drug-likeness (QED) is 0.735. The van der Waals surface area contributed by atoms with E-state index < -0.39 is 5.41 Å². The molecule has 0 fully saturated rings. The Morgan fingerprint density at radius 1 is 0.826 bits per heavy atom. The fourth-order valence-electron chi connectivity index (χ4n) is 2.75. The van der Waals surface area contributed by atoms with Crippen molar-refractivity contribution in [1.29, 1.82) is 5.26 Å². The Labute approximate surface area is 136 Å². The molecule has 0 saturated heterocycles. The second-order valence-electron chi connectivity index (χ2n) is 5.52. The standard InChI is InChI=1S/C20H17N3/c1-15-16(2)23-19(13-22-15)20(14-21,17-9-5-3-6-10-17)18-11-7-4-8-12-18/h3-13H,1-2H3. The van der Waals surface area contributed by atoms with Gasteiger partial charge in [0.1, 0.15) is 0 Å². The summed E-state index contributed by atoms with van der Waals surface area (Å²) in [5, 5.41) is 10.2. The van der Waals surface area contributed by atoms with E-state index in [1.165, 1.54) is 0 Å². The van der Waals surface area contributed by atoms with Crippen LogP contribution in [0.15, 0.2) is 66.9 Å². The van der Waals surface area contributed by atoms with E-state index in [0.29, 0.717) is 5.69 Å². The molecular formula is C20H17N3. The summed E-state index contributed by atoms with van der Waals surface area (Å²) in [5.74, 6) is 0. The van der Waals surface area contributed by atoms with Crippen LogP contribution in [0.1, 0.15) is 28.2 Å². The smallest absolute Gasteiger partial charge is 0.151 e. The van der Waals surface area contributed by atoms with Gasteiger partial charge in [-0.2, -0.15) is 5.26 Å². The molecule has 2 aromatic carbocycles. The van der Waals surface area contributed by atoms with Crippen LogP contribution in [-0.2, 0) is 5.41 Å². The molecule has 0 radical (unpaired) electrons. The molecule has 3 nitrogen and oxygen atoms in total. The molecule has 0 spiro atoms. The monoisotopic (exact) mass is 299 g/mol. The minimum Gasteiger partial charge on any atom is -0.258 e. The van der Waals surface area contributed by atoms with Crippen molar-refractivity contribution in [2.24, 2.45) is 0 Å². The minimum atomic E-state index is -0.964. The Morgan fingerprint density at radius 3 is 1.78 bits per heavy atom. The first-order chi connectivity index (χ1) is 11.2. The van der Waals surface area contributed by atoms with E-state index in [1.807, 2.05) is 74.5 Å². The zero-order chi connectivity index (χ0) is 16.3. The van der Waals surface area contributed by atoms with Crippen molar-refractivity contribution in [3.8, 4) is 6.07 Å². The topological polar surface area (TPSA) is 49.6 Å². The molecule has 23 heavy (non-hydrogen) atoms. The Kier molecular flexibility index (Phi) is 3.91. The Morgan fingerprint density at radius 2 is 1.35 bits per heavy atom. The van der Waals surface area contributed by atoms with Gasteiger partial charge in [-0.15, -0.1) is 0 Å². The molecule has 0 aliphatic heterocycles. The zero-order valence-electron chi connectivity index (χ0n) is 13.2. The molecule has 3 aromatic rings. The third kappa shape index (κ3) is 2.49. The third-order valence-corrected chi connectivity index (χ3v) is 4.16. The first-order valence-electron chi connectivity index (χ1n) is 7.51. The molecule has 0 N–H and O–H groups in total. The van der Waals surface area contributed by atoms with E-state index in [9.17, 15) is 5.26 Å². The van der Waals surface area contributed by atoms with Crippen molar-refractivity contribution >= 4 is 0 Å². The van der Waals surface area contributed by atoms with Gasteiger partial charge in [0.05, 0.1) is 29.3 Å². The number of nitrogens with zero attached hydrogens (tertiary/aromatic N) is 3. The van der Waals surface area contributed by atoms with Crippen LogP contribution >= 0.6 is 0 Å². The van der Waals surface area contributed by atoms with Crippen molar-refractivity contribution in [3.05, 3.63) is 95.1 Å². The van der Waals surface area contributed by atoms with Crippen molar-refractivity contribution in [2.45, 2.75) is 19.3 Å². The van der Waals surface area contributed by atoms with Crippen molar-refractivity contribution in [1.82, 2.24) is 9.97 Å². The van der Waals surface area contributed by atoms with E-state index >= 15 is 0 Å². The van der Waals surface area contributed by atoms with Gasteiger partial charge in [-0.25, -0.2) is 0 Å². The molecule has 1 heterocycles. The highest BCUT2D eigenvalue weighted by Gasteiger charge is 2.38. The number of aromatic nitrogens is 2. The second kappa shape index (κ2) is 6.02. The summed E-state index contributed by atoms with van der Waals surface area (Å²) in [5.41, 5.74) is 3.20. The van der Waals surface area contributed by atoms with Crippen molar-refractivity contribution < 1.29 is 0 Å². The average Bonchev–Trinajstić information content (AvgIpc) is 2.61. The predicted molar refractivity (Wildman–Crippen MR) is 89.9 cm³/mol. The third-order valence-electron chi connectivity index (χ3n) is 4.16. The molecule has 0 saturated carbocycles. The summed E-state index contributed by atoms with van der Waals surface area (Å²) in [4.78, 5) is 9.11. The fraction of sp³-hybridized carbons (Fsp3) is 0.150. The molecule has 3 rings (SSSR count). The molecule has 0 amide bonds. The number of aryl methyl sites for hydroxylation is 2. The van der Waals surface area contributed by atoms with Crippen LogP contribution in [0.3, 0.4) is 0 Å². The van der Waals surface area contributed by atoms with Crippen LogP contribution in [0, 0.1) is 25.2 Å². The molecule has 0 aliphatic carbocycles. The summed E-state index contributed by atoms with van der Waals surface area (Å²) in [6, 6.07) is 22.0. The summed E-state index contributed by atoms with van der Waals surface area (Å²) in [7, 11) is 0. The van der Waals surface area contributed by atoms with Crippen molar-refractivity contribution in [2.75, 3.05) is 0 Å². The van der Waals surface area contributed by atoms with Gasteiger partial charge in [0.2, 0.25) is 0 Å². The van der Waals surface area contributed by atoms with Crippen LogP contribution in [0.4, 0.5) is 0 Å². The fourth-order valence-corrected chi connectivity index (χ4v) is 2.75. The lowest BCUT2D eigenvalue weighted by Crippen LogP contribution is -2.29. The van der Waals surface area contributed by atoms with E-state index in [-0.39, 0.29) is 0 Å². The van der Waals surface area contributed by atoms with Crippen LogP contribution in [-0.4, -0.2) is 9.97 Å². The average molecular weight is 299 g/mol. The van der Waals surface area contributed by atoms with Crippen LogP contribution < -0.4 is 0 Å². The SMILES string of the molecule is Cc1ncc(C(C#N)(c2ccccc2)c2ccccc2)nc1C. The highest BCUT2D eigenvalue weighted by atomic mass is 14.8. The molecular weight excluding hydrogens is 282 g/mol. The van der Waals surface area contributed by atoms with Gasteiger partial charge in [0, 0.05) is 0 Å². The molecule has 0 unspecified atom stereocenters. The van der Waals surface area contributed by atoms with Gasteiger partial charge in [-0.1, -0.05) is 60.7 Å². The largest absolute Gasteiger partial charge is 0.258 e. The lowest BCUT2D eigenvalue weighted by molar-refractivity contribution is 0.741. The maximum absolute atomic E-state index is 10.2. The molecule has 0 atom stereocenters. The minimum absolute atomic E-state index is 0.653. The van der Waals surface area contributed by atoms with E-state index in [1.54, 1.807) is 6.20 Å². The van der Waals surface area contributed by atoms with E-state index in [2.05, 4.69) is 16.0 Å². The van der Waals surface area contributed by atoms with Gasteiger partial charge in [0.15, 0.2) is 5.41 Å². The number of nitriles is 1. The first kappa shape index (κ1) is 14.9. The van der Waals surface area contributed by atoms with Gasteiger partial charge in [-0.05, 0) is 25.0 Å². The van der Waals surface area contributed by atoms with Gasteiger partial charge >= 0.3 is 0 Å². The Hall–Kier alpha value is -2.99. The Bertz CT molecular complexity index is 810. The number of hydrogen-bond acceptors (Lipinski definition) is 3. The molecule has 3 heteroatoms. The van der Waals surface area contributed by atoms with Gasteiger partial charge < -0.3 is 0 Å². The second-order valence-corrected chi connectivity index (χ2v) is 5.52. The maximum Gasteiger partial charge on any atom is 0.151 e. The Balaban J connectivity index is 2.34. The summed E-state index contributed by atoms with van der Waals surface area (Å²) >= 11 is 0. The zero-order valence-corrected chi connectivity index (χ0v) is 13.2. The van der Waals surface area contributed by atoms with E-state index in [0.717, 1.165) is 22.5 Å². The molecule has 0 aliphatic rings. The molecule has 0 bridgehead atoms. The first-order valence-corrected chi connectivity index (χ1v) is 7.51. The predicted octanol–water partition coefficient (Wildman–Crippen LogP) is 3.95. The lowest BCUT2D eigenvalue weighted by Gasteiger charge is -2.27. The number of rotatable bonds is 3. The highest BCUT2D eigenvalue weighted by molar-refractivity contribution is 5.54. The summed E-state index contributed by atoms with van der Waals surface area (Å²) in [6.07, 6.45) is 1.71. The number of hydrogen-bond donors (Lipinski definition) is 0. The van der Waals surface area contributed by atoms with Gasteiger partial charge in [0.25, 0.3) is 0 Å². The van der Waals surface area contributed by atoms with Crippen molar-refractivity contribution in [3.63, 3.8) is 0 Å². The lowest BCUT2D eigenvalue weighted by atomic mass is 9.73. The maximum atomic E-state index is 10.2. The molecule has 112 valence electrons. The summed E-state index contributed by atoms with van der Waals surface area (Å²) in [6.45, 7) is 3.84. The number of benzene rings is 2. The van der Waals surface area contributed by atoms with Gasteiger partial charge in [-0.3, -0.25) is 9.97 Å². The van der Waals surface area contributed by atoms with Crippen LogP contribution in [0.25, 0.3) is 0 Å². The normalized spacial score (nSPS) is 11.0. The highest BCUT2D eigenvalue weighted by Crippen LogP contribution is 2.37. The molecule has 1 aromatic heterocycles.